The minimum atomic E-state index is -0.575. The number of rotatable bonds is 9. The van der Waals surface area contributed by atoms with E-state index in [-0.39, 0.29) is 12.6 Å². The Hall–Kier alpha value is -1.69. The number of aromatic nitrogens is 2. The first-order chi connectivity index (χ1) is 10.7. The van der Waals surface area contributed by atoms with Gasteiger partial charge in [0.15, 0.2) is 0 Å². The van der Waals surface area contributed by atoms with Crippen LogP contribution in [0.2, 0.25) is 0 Å². The van der Waals surface area contributed by atoms with Crippen molar-refractivity contribution in [3.63, 3.8) is 0 Å². The lowest BCUT2D eigenvalue weighted by Gasteiger charge is -2.19. The maximum atomic E-state index is 10.2. The first kappa shape index (κ1) is 16.7. The van der Waals surface area contributed by atoms with Crippen LogP contribution in [0, 0.1) is 0 Å². The largest absolute Gasteiger partial charge is 0.395 e. The Morgan fingerprint density at radius 2 is 2.05 bits per heavy atom. The molecule has 0 spiro atoms. The van der Waals surface area contributed by atoms with Gasteiger partial charge in [0.25, 0.3) is 0 Å². The fourth-order valence-corrected chi connectivity index (χ4v) is 2.41. The monoisotopic (exact) mass is 303 g/mol. The van der Waals surface area contributed by atoms with E-state index in [1.807, 2.05) is 47.4 Å². The molecule has 1 aromatic heterocycles. The minimum Gasteiger partial charge on any atom is -0.395 e. The molecule has 0 aliphatic carbocycles. The first-order valence-electron chi connectivity index (χ1n) is 7.81. The lowest BCUT2D eigenvalue weighted by molar-refractivity contribution is 0.129. The number of nitrogens with one attached hydrogen (secondary N) is 1. The van der Waals surface area contributed by atoms with Crippen LogP contribution in [0.4, 0.5) is 0 Å². The summed E-state index contributed by atoms with van der Waals surface area (Å²) in [5.41, 5.74) is 1.96. The number of hydrogen-bond acceptors (Lipinski definition) is 4. The van der Waals surface area contributed by atoms with Gasteiger partial charge in [-0.3, -0.25) is 4.68 Å². The normalized spacial score (nSPS) is 14.0. The topological polar surface area (TPSA) is 70.3 Å². The summed E-state index contributed by atoms with van der Waals surface area (Å²) in [5, 5.41) is 27.3. The molecule has 0 saturated carbocycles. The molecule has 120 valence electrons. The van der Waals surface area contributed by atoms with Crippen molar-refractivity contribution in [1.82, 2.24) is 15.1 Å². The molecule has 1 heterocycles. The summed E-state index contributed by atoms with van der Waals surface area (Å²) in [6, 6.07) is 9.38. The molecule has 0 radical (unpaired) electrons. The maximum absolute atomic E-state index is 10.2. The van der Waals surface area contributed by atoms with Crippen LogP contribution < -0.4 is 5.32 Å². The Balaban J connectivity index is 1.83. The molecule has 0 saturated heterocycles. The van der Waals surface area contributed by atoms with Crippen molar-refractivity contribution in [2.75, 3.05) is 6.61 Å². The van der Waals surface area contributed by atoms with E-state index in [9.17, 15) is 10.2 Å². The molecule has 0 fully saturated rings. The third kappa shape index (κ3) is 4.94. The van der Waals surface area contributed by atoms with Crippen molar-refractivity contribution in [1.29, 1.82) is 0 Å². The summed E-state index contributed by atoms with van der Waals surface area (Å²) in [6.07, 6.45) is 4.80. The third-order valence-corrected chi connectivity index (χ3v) is 3.65. The van der Waals surface area contributed by atoms with Gasteiger partial charge in [0.05, 0.1) is 18.9 Å². The molecular weight excluding hydrogens is 278 g/mol. The zero-order valence-corrected chi connectivity index (χ0v) is 13.0. The fraction of sp³-hybridized carbons (Fsp3) is 0.471. The summed E-state index contributed by atoms with van der Waals surface area (Å²) in [6.45, 7) is 3.66. The molecule has 0 aliphatic rings. The van der Waals surface area contributed by atoms with E-state index in [4.69, 9.17) is 0 Å². The summed E-state index contributed by atoms with van der Waals surface area (Å²) >= 11 is 0. The number of aliphatic hydroxyl groups excluding tert-OH is 2. The second-order valence-corrected chi connectivity index (χ2v) is 5.53. The van der Waals surface area contributed by atoms with E-state index in [0.29, 0.717) is 13.0 Å². The van der Waals surface area contributed by atoms with Gasteiger partial charge in [-0.25, -0.2) is 0 Å². The highest BCUT2D eigenvalue weighted by atomic mass is 16.3. The lowest BCUT2D eigenvalue weighted by Crippen LogP contribution is -2.33. The van der Waals surface area contributed by atoms with E-state index in [2.05, 4.69) is 17.3 Å². The van der Waals surface area contributed by atoms with Gasteiger partial charge in [0, 0.05) is 30.9 Å². The Morgan fingerprint density at radius 1 is 1.27 bits per heavy atom. The molecule has 0 aliphatic heterocycles. The maximum Gasteiger partial charge on any atom is 0.0805 e. The molecule has 2 atom stereocenters. The first-order valence-corrected chi connectivity index (χ1v) is 7.81. The van der Waals surface area contributed by atoms with Crippen molar-refractivity contribution >= 4 is 0 Å². The molecule has 5 nitrogen and oxygen atoms in total. The Morgan fingerprint density at radius 3 is 2.73 bits per heavy atom. The fourth-order valence-electron chi connectivity index (χ4n) is 2.41. The second-order valence-electron chi connectivity index (χ2n) is 5.53. The molecule has 2 aromatic rings. The van der Waals surface area contributed by atoms with Crippen molar-refractivity contribution < 1.29 is 10.2 Å². The number of aryl methyl sites for hydroxylation is 1. The Bertz CT molecular complexity index is 542. The molecule has 1 aromatic carbocycles. The molecule has 3 N–H and O–H groups in total. The zero-order chi connectivity index (χ0) is 15.8. The zero-order valence-electron chi connectivity index (χ0n) is 13.0. The van der Waals surface area contributed by atoms with E-state index in [1.165, 1.54) is 0 Å². The van der Waals surface area contributed by atoms with Crippen LogP contribution in [0.25, 0.3) is 0 Å². The van der Waals surface area contributed by atoms with Crippen LogP contribution in [0.1, 0.15) is 37.0 Å². The molecule has 2 rings (SSSR count). The van der Waals surface area contributed by atoms with Crippen molar-refractivity contribution in [2.45, 2.75) is 45.0 Å². The van der Waals surface area contributed by atoms with E-state index < -0.39 is 6.10 Å². The van der Waals surface area contributed by atoms with Crippen LogP contribution >= 0.6 is 0 Å². The number of aliphatic hydroxyl groups is 2. The van der Waals surface area contributed by atoms with Crippen LogP contribution in [0.5, 0.6) is 0 Å². The second kappa shape index (κ2) is 8.68. The highest BCUT2D eigenvalue weighted by molar-refractivity contribution is 5.17. The van der Waals surface area contributed by atoms with E-state index >= 15 is 0 Å². The number of nitrogens with zero attached hydrogens (tertiary/aromatic N) is 2. The van der Waals surface area contributed by atoms with Crippen LogP contribution in [-0.2, 0) is 13.1 Å². The Labute approximate surface area is 131 Å². The number of benzene rings is 1. The SMILES string of the molecule is CCCn1cc(CN[C@H](CO)C[C@@H](O)c2ccccc2)cn1. The van der Waals surface area contributed by atoms with Gasteiger partial charge in [0.1, 0.15) is 0 Å². The standard InChI is InChI=1S/C17H25N3O2/c1-2-8-20-12-14(11-19-20)10-18-16(13-21)9-17(22)15-6-4-3-5-7-15/h3-7,11-12,16-18,21-22H,2,8-10,13H2,1H3/t16-,17+/m0/s1. The number of hydrogen-bond donors (Lipinski definition) is 3. The molecule has 22 heavy (non-hydrogen) atoms. The predicted octanol–water partition coefficient (Wildman–Crippen LogP) is 1.87. The quantitative estimate of drug-likeness (QED) is 0.661. The van der Waals surface area contributed by atoms with Gasteiger partial charge < -0.3 is 15.5 Å². The van der Waals surface area contributed by atoms with Crippen LogP contribution in [0.15, 0.2) is 42.7 Å². The Kier molecular flexibility index (Phi) is 6.58. The van der Waals surface area contributed by atoms with Gasteiger partial charge in [-0.1, -0.05) is 37.3 Å². The van der Waals surface area contributed by atoms with E-state index in [0.717, 1.165) is 24.1 Å². The van der Waals surface area contributed by atoms with Gasteiger partial charge >= 0.3 is 0 Å². The van der Waals surface area contributed by atoms with Gasteiger partial charge in [0.2, 0.25) is 0 Å². The van der Waals surface area contributed by atoms with Gasteiger partial charge in [-0.15, -0.1) is 0 Å². The summed E-state index contributed by atoms with van der Waals surface area (Å²) < 4.78 is 1.92. The molecule has 0 bridgehead atoms. The van der Waals surface area contributed by atoms with Crippen molar-refractivity contribution in [2.24, 2.45) is 0 Å². The average Bonchev–Trinajstić information content (AvgIpc) is 3.00. The van der Waals surface area contributed by atoms with Crippen molar-refractivity contribution in [3.05, 3.63) is 53.9 Å². The lowest BCUT2D eigenvalue weighted by atomic mass is 10.0. The minimum absolute atomic E-state index is 0.00695. The smallest absolute Gasteiger partial charge is 0.0805 e. The molecular formula is C17H25N3O2. The highest BCUT2D eigenvalue weighted by Crippen LogP contribution is 2.18. The van der Waals surface area contributed by atoms with Gasteiger partial charge in [-0.2, -0.15) is 5.10 Å². The van der Waals surface area contributed by atoms with Crippen LogP contribution in [0.3, 0.4) is 0 Å². The highest BCUT2D eigenvalue weighted by Gasteiger charge is 2.15. The molecule has 5 heteroatoms. The summed E-state index contributed by atoms with van der Waals surface area (Å²) in [4.78, 5) is 0. The average molecular weight is 303 g/mol. The van der Waals surface area contributed by atoms with Gasteiger partial charge in [-0.05, 0) is 18.4 Å². The summed E-state index contributed by atoms with van der Waals surface area (Å²) in [5.74, 6) is 0. The van der Waals surface area contributed by atoms with Crippen LogP contribution in [-0.4, -0.2) is 32.6 Å². The van der Waals surface area contributed by atoms with E-state index in [1.54, 1.807) is 0 Å². The third-order valence-electron chi connectivity index (χ3n) is 3.65. The molecule has 0 amide bonds. The predicted molar refractivity (Wildman–Crippen MR) is 86.3 cm³/mol. The molecule has 0 unspecified atom stereocenters. The summed E-state index contributed by atoms with van der Waals surface area (Å²) in [7, 11) is 0. The van der Waals surface area contributed by atoms with Crippen molar-refractivity contribution in [3.8, 4) is 0 Å².